The molecule has 0 radical (unpaired) electrons. The van der Waals surface area contributed by atoms with Gasteiger partial charge in [-0.2, -0.15) is 0 Å². The van der Waals surface area contributed by atoms with Gasteiger partial charge in [-0.1, -0.05) is 0 Å². The normalized spacial score (nSPS) is 11.2. The number of carbonyl (C=O) groups excluding carboxylic acids is 4. The molecule has 0 atom stereocenters. The van der Waals surface area contributed by atoms with Crippen LogP contribution in [0.3, 0.4) is 0 Å². The zero-order chi connectivity index (χ0) is 22.1. The molecule has 0 aromatic carbocycles. The fourth-order valence-electron chi connectivity index (χ4n) is 2.59. The van der Waals surface area contributed by atoms with Gasteiger partial charge in [0, 0.05) is 0 Å². The molecule has 0 aliphatic heterocycles. The van der Waals surface area contributed by atoms with Crippen molar-refractivity contribution in [2.24, 2.45) is 0 Å². The van der Waals surface area contributed by atoms with Crippen LogP contribution in [-0.4, -0.2) is 49.9 Å². The molecular formula is C20H36O8Ti. The second-order valence-electron chi connectivity index (χ2n) is 6.71. The summed E-state index contributed by atoms with van der Waals surface area (Å²) in [5, 5.41) is 0. The molecular weight excluding hydrogens is 416 g/mol. The van der Waals surface area contributed by atoms with Gasteiger partial charge in [-0.25, -0.2) is 0 Å². The summed E-state index contributed by atoms with van der Waals surface area (Å²) in [5.74, 6) is -1.93. The van der Waals surface area contributed by atoms with Crippen LogP contribution in [0.5, 0.6) is 0 Å². The molecule has 0 amide bonds. The van der Waals surface area contributed by atoms with E-state index in [1.165, 1.54) is 0 Å². The van der Waals surface area contributed by atoms with Gasteiger partial charge < -0.3 is 0 Å². The van der Waals surface area contributed by atoms with Crippen LogP contribution >= 0.6 is 0 Å². The quantitative estimate of drug-likeness (QED) is 0.135. The van der Waals surface area contributed by atoms with Crippen LogP contribution in [0.1, 0.15) is 66.2 Å². The third-order valence-corrected chi connectivity index (χ3v) is 9.15. The Balaban J connectivity index is 5.35. The summed E-state index contributed by atoms with van der Waals surface area (Å²) in [6.45, 7) is 8.49. The van der Waals surface area contributed by atoms with Gasteiger partial charge in [0.05, 0.1) is 0 Å². The molecule has 0 fully saturated rings. The third kappa shape index (κ3) is 13.7. The van der Waals surface area contributed by atoms with E-state index in [4.69, 9.17) is 16.1 Å². The van der Waals surface area contributed by atoms with Crippen LogP contribution in [0, 0.1) is 0 Å². The summed E-state index contributed by atoms with van der Waals surface area (Å²) in [5.41, 5.74) is 0. The minimum absolute atomic E-state index is 0.0825. The first-order chi connectivity index (χ1) is 13.8. The van der Waals surface area contributed by atoms with Gasteiger partial charge >= 0.3 is 178 Å². The average molecular weight is 452 g/mol. The van der Waals surface area contributed by atoms with E-state index in [1.807, 2.05) is 13.8 Å². The van der Waals surface area contributed by atoms with Crippen LogP contribution in [0.2, 0.25) is 9.45 Å². The Morgan fingerprint density at radius 3 is 1.34 bits per heavy atom. The number of hydrogen-bond acceptors (Lipinski definition) is 8. The molecule has 0 rings (SSSR count). The molecule has 0 heterocycles. The van der Waals surface area contributed by atoms with Crippen molar-refractivity contribution in [2.75, 3.05) is 26.4 Å². The van der Waals surface area contributed by atoms with Crippen LogP contribution in [0.4, 0.5) is 0 Å². The molecule has 0 unspecified atom stereocenters. The van der Waals surface area contributed by atoms with Crippen molar-refractivity contribution >= 4 is 23.5 Å². The van der Waals surface area contributed by atoms with E-state index in [0.717, 1.165) is 25.7 Å². The second kappa shape index (κ2) is 16.7. The first-order valence-corrected chi connectivity index (χ1v) is 13.9. The van der Waals surface area contributed by atoms with Gasteiger partial charge in [-0.3, -0.25) is 0 Å². The Hall–Kier alpha value is -1.09. The summed E-state index contributed by atoms with van der Waals surface area (Å²) in [4.78, 5) is 48.3. The summed E-state index contributed by atoms with van der Waals surface area (Å²) < 4.78 is 21.6. The van der Waals surface area contributed by atoms with E-state index in [9.17, 15) is 19.2 Å². The monoisotopic (exact) mass is 452 g/mol. The van der Waals surface area contributed by atoms with E-state index >= 15 is 0 Å². The van der Waals surface area contributed by atoms with E-state index in [2.05, 4.69) is 0 Å². The fourth-order valence-corrected chi connectivity index (χ4v) is 7.43. The van der Waals surface area contributed by atoms with Gasteiger partial charge in [0.2, 0.25) is 0 Å². The first kappa shape index (κ1) is 27.9. The van der Waals surface area contributed by atoms with E-state index in [0.29, 0.717) is 13.2 Å². The topological polar surface area (TPSA) is 105 Å². The molecule has 8 nitrogen and oxygen atoms in total. The number of esters is 2. The fraction of sp³-hybridized carbons (Fsp3) is 0.800. The first-order valence-electron chi connectivity index (χ1n) is 10.4. The molecule has 0 spiro atoms. The number of ether oxygens (including phenoxy) is 2. The van der Waals surface area contributed by atoms with Crippen molar-refractivity contribution in [1.82, 2.24) is 0 Å². The summed E-state index contributed by atoms with van der Waals surface area (Å²) in [6.07, 6.45) is 2.56. The van der Waals surface area contributed by atoms with Crippen LogP contribution in [-0.2, 0) is 52.7 Å². The van der Waals surface area contributed by atoms with Gasteiger partial charge in [0.15, 0.2) is 0 Å². The Kier molecular flexibility index (Phi) is 16.1. The summed E-state index contributed by atoms with van der Waals surface area (Å²) in [7, 11) is 0. The molecule has 0 saturated carbocycles. The van der Waals surface area contributed by atoms with Crippen LogP contribution in [0.25, 0.3) is 0 Å². The predicted molar refractivity (Wildman–Crippen MR) is 104 cm³/mol. The second-order valence-corrected chi connectivity index (χ2v) is 11.6. The summed E-state index contributed by atoms with van der Waals surface area (Å²) >= 11 is -3.92. The van der Waals surface area contributed by atoms with Gasteiger partial charge in [0.1, 0.15) is 0 Å². The van der Waals surface area contributed by atoms with E-state index in [1.54, 1.807) is 13.8 Å². The number of rotatable bonds is 18. The Bertz CT molecular complexity index is 475. The number of ketones is 2. The van der Waals surface area contributed by atoms with Crippen LogP contribution in [0.15, 0.2) is 0 Å². The molecule has 0 N–H and O–H groups in total. The molecule has 0 saturated heterocycles. The average Bonchev–Trinajstić information content (AvgIpc) is 2.62. The van der Waals surface area contributed by atoms with Crippen molar-refractivity contribution < 1.29 is 52.7 Å². The van der Waals surface area contributed by atoms with E-state index in [-0.39, 0.29) is 47.1 Å². The Labute approximate surface area is 178 Å². The van der Waals surface area contributed by atoms with Gasteiger partial charge in [0.25, 0.3) is 0 Å². The maximum atomic E-state index is 12.5. The molecule has 29 heavy (non-hydrogen) atoms. The molecule has 0 aromatic rings. The zero-order valence-electron chi connectivity index (χ0n) is 18.3. The molecule has 168 valence electrons. The van der Waals surface area contributed by atoms with Crippen LogP contribution < -0.4 is 0 Å². The standard InChI is InChI=1S/2C6H9O3.2C4H9O.Ti/c2*1-3-9-6(8)4-5(2)7;2*1-2-3-4-5;/h2*2-4H2,1H3;2*2-4H2,1H3;/q;;2*-1;+2. The van der Waals surface area contributed by atoms with Gasteiger partial charge in [-0.15, -0.1) is 0 Å². The molecule has 0 bridgehead atoms. The Morgan fingerprint density at radius 2 is 1.03 bits per heavy atom. The van der Waals surface area contributed by atoms with Gasteiger partial charge in [-0.05, 0) is 0 Å². The van der Waals surface area contributed by atoms with Crippen molar-refractivity contribution in [2.45, 2.75) is 75.7 Å². The molecule has 0 aromatic heterocycles. The number of Topliss-reactive ketones (excluding diaryl/α,β-unsaturated/α-hetero) is 2. The molecule has 0 aliphatic carbocycles. The SMILES string of the molecule is CCCC[O][Ti]([CH2]C(=O)CC(=O)OCC)([CH2]C(=O)CC(=O)OCC)[O]CCCC. The number of carbonyl (C=O) groups is 4. The predicted octanol–water partition coefficient (Wildman–Crippen LogP) is 3.48. The van der Waals surface area contributed by atoms with Crippen molar-refractivity contribution in [3.05, 3.63) is 0 Å². The molecule has 9 heteroatoms. The summed E-state index contributed by atoms with van der Waals surface area (Å²) in [6, 6.07) is 0. The minimum atomic E-state index is -3.92. The van der Waals surface area contributed by atoms with Crippen molar-refractivity contribution in [3.8, 4) is 0 Å². The maximum absolute atomic E-state index is 12.5. The Morgan fingerprint density at radius 1 is 0.655 bits per heavy atom. The number of hydrogen-bond donors (Lipinski definition) is 0. The molecule has 0 aliphatic rings. The zero-order valence-corrected chi connectivity index (χ0v) is 19.8. The van der Waals surface area contributed by atoms with E-state index < -0.39 is 29.3 Å². The number of unbranched alkanes of at least 4 members (excludes halogenated alkanes) is 2. The third-order valence-electron chi connectivity index (χ3n) is 3.95. The van der Waals surface area contributed by atoms with Crippen molar-refractivity contribution in [1.29, 1.82) is 0 Å². The van der Waals surface area contributed by atoms with Crippen molar-refractivity contribution in [3.63, 3.8) is 0 Å².